The molecule has 0 aliphatic carbocycles. The Hall–Kier alpha value is -0.610. The molecule has 0 aromatic rings. The molecule has 0 aliphatic rings. The molecule has 1 N–H and O–H groups in total. The number of hydrogen-bond acceptors (Lipinski definition) is 4. The van der Waals surface area contributed by atoms with Crippen LogP contribution in [0.5, 0.6) is 0 Å². The van der Waals surface area contributed by atoms with Crippen molar-refractivity contribution in [2.24, 2.45) is 5.92 Å². The summed E-state index contributed by atoms with van der Waals surface area (Å²) in [5.41, 5.74) is 0. The quantitative estimate of drug-likeness (QED) is 0.588. The third-order valence-corrected chi connectivity index (χ3v) is 2.82. The molecule has 0 aromatic heterocycles. The maximum absolute atomic E-state index is 11.8. The van der Waals surface area contributed by atoms with Gasteiger partial charge in [-0.15, -0.1) is 0 Å². The average Bonchev–Trinajstić information content (AvgIpc) is 2.32. The van der Waals surface area contributed by atoms with Gasteiger partial charge < -0.3 is 14.8 Å². The Bertz CT molecular complexity index is 231. The maximum atomic E-state index is 11.8. The van der Waals surface area contributed by atoms with Gasteiger partial charge in [-0.1, -0.05) is 20.8 Å². The minimum atomic E-state index is -0.244. The van der Waals surface area contributed by atoms with Gasteiger partial charge in [-0.25, -0.2) is 0 Å². The number of rotatable bonds is 11. The van der Waals surface area contributed by atoms with Crippen LogP contribution in [0.25, 0.3) is 0 Å². The third kappa shape index (κ3) is 9.91. The van der Waals surface area contributed by atoms with Gasteiger partial charge >= 0.3 is 5.97 Å². The van der Waals surface area contributed by atoms with Crippen LogP contribution < -0.4 is 5.32 Å². The number of hydrogen-bond donors (Lipinski definition) is 1. The topological polar surface area (TPSA) is 47.6 Å². The predicted octanol–water partition coefficient (Wildman–Crippen LogP) is 2.76. The van der Waals surface area contributed by atoms with Gasteiger partial charge in [0.25, 0.3) is 0 Å². The molecule has 114 valence electrons. The van der Waals surface area contributed by atoms with Crippen molar-refractivity contribution >= 4 is 5.97 Å². The lowest BCUT2D eigenvalue weighted by Gasteiger charge is -2.19. The van der Waals surface area contributed by atoms with Crippen molar-refractivity contribution in [2.75, 3.05) is 19.8 Å². The van der Waals surface area contributed by atoms with Gasteiger partial charge in [0, 0.05) is 6.61 Å². The minimum Gasteiger partial charge on any atom is -0.465 e. The first-order valence-corrected chi connectivity index (χ1v) is 7.52. The fourth-order valence-corrected chi connectivity index (χ4v) is 1.98. The molecular formula is C15H31NO3. The van der Waals surface area contributed by atoms with Crippen LogP contribution >= 0.6 is 0 Å². The first-order valence-electron chi connectivity index (χ1n) is 7.52. The molecule has 0 saturated carbocycles. The summed E-state index contributed by atoms with van der Waals surface area (Å²) < 4.78 is 10.8. The monoisotopic (exact) mass is 273 g/mol. The van der Waals surface area contributed by atoms with E-state index in [2.05, 4.69) is 33.0 Å². The van der Waals surface area contributed by atoms with Crippen molar-refractivity contribution < 1.29 is 14.3 Å². The molecule has 4 heteroatoms. The second-order valence-electron chi connectivity index (χ2n) is 5.36. The highest BCUT2D eigenvalue weighted by atomic mass is 16.5. The summed E-state index contributed by atoms with van der Waals surface area (Å²) in [7, 11) is 0. The highest BCUT2D eigenvalue weighted by Gasteiger charge is 2.19. The molecule has 4 nitrogen and oxygen atoms in total. The van der Waals surface area contributed by atoms with E-state index in [9.17, 15) is 4.79 Å². The first-order chi connectivity index (χ1) is 9.01. The van der Waals surface area contributed by atoms with Crippen molar-refractivity contribution in [3.05, 3.63) is 0 Å². The lowest BCUT2D eigenvalue weighted by Crippen LogP contribution is -2.39. The van der Waals surface area contributed by atoms with Crippen LogP contribution in [0.2, 0.25) is 0 Å². The number of carbonyl (C=O) groups is 1. The highest BCUT2D eigenvalue weighted by Crippen LogP contribution is 2.08. The Morgan fingerprint density at radius 2 is 1.89 bits per heavy atom. The van der Waals surface area contributed by atoms with E-state index < -0.39 is 0 Å². The molecule has 0 aromatic carbocycles. The molecule has 0 radical (unpaired) electrons. The van der Waals surface area contributed by atoms with Crippen LogP contribution in [0.3, 0.4) is 0 Å². The molecule has 0 fully saturated rings. The zero-order chi connectivity index (χ0) is 14.7. The van der Waals surface area contributed by atoms with E-state index in [1.807, 2.05) is 6.92 Å². The highest BCUT2D eigenvalue weighted by molar-refractivity contribution is 5.75. The summed E-state index contributed by atoms with van der Waals surface area (Å²) >= 11 is 0. The lowest BCUT2D eigenvalue weighted by molar-refractivity contribution is -0.146. The molecule has 0 saturated heterocycles. The maximum Gasteiger partial charge on any atom is 0.323 e. The smallest absolute Gasteiger partial charge is 0.323 e. The van der Waals surface area contributed by atoms with Gasteiger partial charge in [-0.2, -0.15) is 0 Å². The Balaban J connectivity index is 4.00. The van der Waals surface area contributed by atoms with Crippen LogP contribution in [0.4, 0.5) is 0 Å². The Morgan fingerprint density at radius 1 is 1.21 bits per heavy atom. The van der Waals surface area contributed by atoms with Crippen LogP contribution in [0.15, 0.2) is 0 Å². The molecule has 0 heterocycles. The lowest BCUT2D eigenvalue weighted by atomic mass is 10.1. The zero-order valence-corrected chi connectivity index (χ0v) is 13.2. The van der Waals surface area contributed by atoms with Crippen molar-refractivity contribution in [2.45, 2.75) is 66.0 Å². The second kappa shape index (κ2) is 11.2. The Labute approximate surface area is 118 Å². The van der Waals surface area contributed by atoms with E-state index in [-0.39, 0.29) is 18.1 Å². The molecular weight excluding hydrogens is 242 g/mol. The van der Waals surface area contributed by atoms with Gasteiger partial charge in [0.15, 0.2) is 0 Å². The van der Waals surface area contributed by atoms with Crippen molar-refractivity contribution in [3.8, 4) is 0 Å². The molecule has 0 bridgehead atoms. The van der Waals surface area contributed by atoms with Gasteiger partial charge in [-0.3, -0.25) is 4.79 Å². The second-order valence-corrected chi connectivity index (χ2v) is 5.36. The number of carbonyl (C=O) groups excluding carboxylic acids is 1. The third-order valence-electron chi connectivity index (χ3n) is 2.82. The number of esters is 1. The van der Waals surface area contributed by atoms with E-state index in [1.54, 1.807) is 0 Å². The molecule has 0 amide bonds. The fourth-order valence-electron chi connectivity index (χ4n) is 1.98. The normalized spacial score (nSPS) is 14.4. The standard InChI is InChI=1S/C15H31NO3/c1-6-9-16-14(15(17)18-7-2)8-10-19-13(5)11-12(3)4/h12-14,16H,6-11H2,1-5H3. The summed E-state index contributed by atoms with van der Waals surface area (Å²) in [6, 6.07) is -0.244. The first kappa shape index (κ1) is 18.4. The summed E-state index contributed by atoms with van der Waals surface area (Å²) in [6.07, 6.45) is 2.96. The molecule has 0 spiro atoms. The Morgan fingerprint density at radius 3 is 2.42 bits per heavy atom. The fraction of sp³-hybridized carbons (Fsp3) is 0.933. The van der Waals surface area contributed by atoms with Crippen molar-refractivity contribution in [3.63, 3.8) is 0 Å². The molecule has 19 heavy (non-hydrogen) atoms. The Kier molecular flexibility index (Phi) is 10.9. The largest absolute Gasteiger partial charge is 0.465 e. The number of nitrogens with one attached hydrogen (secondary N) is 1. The van der Waals surface area contributed by atoms with E-state index in [1.165, 1.54) is 0 Å². The molecule has 2 unspecified atom stereocenters. The molecule has 2 atom stereocenters. The molecule has 0 aliphatic heterocycles. The molecule has 0 rings (SSSR count). The SMILES string of the molecule is CCCNC(CCOC(C)CC(C)C)C(=O)OCC. The van der Waals surface area contributed by atoms with E-state index in [0.717, 1.165) is 19.4 Å². The van der Waals surface area contributed by atoms with E-state index in [0.29, 0.717) is 25.6 Å². The predicted molar refractivity (Wildman–Crippen MR) is 78.2 cm³/mol. The number of ether oxygens (including phenoxy) is 2. The summed E-state index contributed by atoms with van der Waals surface area (Å²) in [5.74, 6) is 0.463. The van der Waals surface area contributed by atoms with Gasteiger partial charge in [0.1, 0.15) is 6.04 Å². The van der Waals surface area contributed by atoms with Gasteiger partial charge in [0.05, 0.1) is 12.7 Å². The van der Waals surface area contributed by atoms with E-state index >= 15 is 0 Å². The summed E-state index contributed by atoms with van der Waals surface area (Å²) in [6.45, 7) is 12.2. The van der Waals surface area contributed by atoms with Crippen LogP contribution in [0, 0.1) is 5.92 Å². The zero-order valence-electron chi connectivity index (χ0n) is 13.2. The van der Waals surface area contributed by atoms with Crippen molar-refractivity contribution in [1.82, 2.24) is 5.32 Å². The minimum absolute atomic E-state index is 0.170. The van der Waals surface area contributed by atoms with Gasteiger partial charge in [-0.05, 0) is 45.6 Å². The van der Waals surface area contributed by atoms with Gasteiger partial charge in [0.2, 0.25) is 0 Å². The summed E-state index contributed by atoms with van der Waals surface area (Å²) in [4.78, 5) is 11.8. The van der Waals surface area contributed by atoms with Crippen LogP contribution in [0.1, 0.15) is 53.9 Å². The summed E-state index contributed by atoms with van der Waals surface area (Å²) in [5, 5.41) is 3.21. The van der Waals surface area contributed by atoms with Crippen LogP contribution in [-0.2, 0) is 14.3 Å². The average molecular weight is 273 g/mol. The van der Waals surface area contributed by atoms with Crippen LogP contribution in [-0.4, -0.2) is 37.9 Å². The van der Waals surface area contributed by atoms with E-state index in [4.69, 9.17) is 9.47 Å². The van der Waals surface area contributed by atoms with Crippen molar-refractivity contribution in [1.29, 1.82) is 0 Å².